The van der Waals surface area contributed by atoms with E-state index in [1.165, 1.54) is 28.2 Å². The van der Waals surface area contributed by atoms with Crippen LogP contribution in [-0.4, -0.2) is 32.5 Å². The first-order valence-electron chi connectivity index (χ1n) is 7.44. The SMILES string of the molecule is CNC(=O)c1cc(S(=O)(=O)N2CCCc3ccccc32)cn1C. The number of carbonyl (C=O) groups is 1. The summed E-state index contributed by atoms with van der Waals surface area (Å²) in [7, 11) is -0.508. The maximum absolute atomic E-state index is 13.0. The standard InChI is InChI=1S/C16H19N3O3S/c1-17-16(20)15-10-13(11-18(15)2)23(21,22)19-9-5-7-12-6-3-4-8-14(12)19/h3-4,6,8,10-11H,5,7,9H2,1-2H3,(H,17,20). The Morgan fingerprint density at radius 1 is 1.26 bits per heavy atom. The van der Waals surface area contributed by atoms with Crippen molar-refractivity contribution in [3.05, 3.63) is 47.8 Å². The molecule has 0 saturated heterocycles. The van der Waals surface area contributed by atoms with Crippen LogP contribution in [0.4, 0.5) is 5.69 Å². The van der Waals surface area contributed by atoms with Crippen LogP contribution in [0, 0.1) is 0 Å². The average molecular weight is 333 g/mol. The van der Waals surface area contributed by atoms with Crippen molar-refractivity contribution in [1.29, 1.82) is 0 Å². The molecule has 0 bridgehead atoms. The van der Waals surface area contributed by atoms with Crippen LogP contribution in [0.1, 0.15) is 22.5 Å². The Morgan fingerprint density at radius 3 is 2.74 bits per heavy atom. The Bertz CT molecular complexity index is 855. The Hall–Kier alpha value is -2.28. The zero-order valence-electron chi connectivity index (χ0n) is 13.1. The number of aryl methyl sites for hydroxylation is 2. The molecular formula is C16H19N3O3S. The predicted molar refractivity (Wildman–Crippen MR) is 88.1 cm³/mol. The second-order valence-corrected chi connectivity index (χ2v) is 7.42. The number of anilines is 1. The average Bonchev–Trinajstić information content (AvgIpc) is 2.96. The van der Waals surface area contributed by atoms with Crippen molar-refractivity contribution in [2.45, 2.75) is 17.7 Å². The Morgan fingerprint density at radius 2 is 2.00 bits per heavy atom. The summed E-state index contributed by atoms with van der Waals surface area (Å²) in [6, 6.07) is 8.97. The molecule has 0 radical (unpaired) electrons. The van der Waals surface area contributed by atoms with Gasteiger partial charge in [-0.1, -0.05) is 18.2 Å². The number of amides is 1. The second-order valence-electron chi connectivity index (χ2n) is 5.56. The number of benzene rings is 1. The number of nitrogens with zero attached hydrogens (tertiary/aromatic N) is 2. The molecule has 1 amide bonds. The van der Waals surface area contributed by atoms with E-state index >= 15 is 0 Å². The summed E-state index contributed by atoms with van der Waals surface area (Å²) in [4.78, 5) is 11.9. The Kier molecular flexibility index (Phi) is 3.89. The number of rotatable bonds is 3. The molecule has 2 heterocycles. The maximum atomic E-state index is 13.0. The van der Waals surface area contributed by atoms with Crippen molar-refractivity contribution in [3.8, 4) is 0 Å². The van der Waals surface area contributed by atoms with Gasteiger partial charge in [-0.3, -0.25) is 9.10 Å². The minimum Gasteiger partial charge on any atom is -0.354 e. The molecule has 1 aromatic heterocycles. The van der Waals surface area contributed by atoms with E-state index < -0.39 is 10.0 Å². The molecule has 1 N–H and O–H groups in total. The largest absolute Gasteiger partial charge is 0.354 e. The van der Waals surface area contributed by atoms with Gasteiger partial charge in [0.15, 0.2) is 0 Å². The molecule has 1 aliphatic rings. The molecule has 0 spiro atoms. The number of aromatic nitrogens is 1. The van der Waals surface area contributed by atoms with Gasteiger partial charge in [-0.2, -0.15) is 0 Å². The summed E-state index contributed by atoms with van der Waals surface area (Å²) < 4.78 is 29.0. The van der Waals surface area contributed by atoms with Gasteiger partial charge in [0, 0.05) is 26.8 Å². The normalized spacial score (nSPS) is 14.4. The number of sulfonamides is 1. The van der Waals surface area contributed by atoms with Crippen molar-refractivity contribution in [2.24, 2.45) is 7.05 Å². The van der Waals surface area contributed by atoms with E-state index in [1.807, 2.05) is 24.3 Å². The van der Waals surface area contributed by atoms with E-state index in [2.05, 4.69) is 5.32 Å². The third-order valence-electron chi connectivity index (χ3n) is 4.10. The summed E-state index contributed by atoms with van der Waals surface area (Å²) in [5.74, 6) is -0.312. The lowest BCUT2D eigenvalue weighted by Crippen LogP contribution is -2.35. The van der Waals surface area contributed by atoms with Gasteiger partial charge < -0.3 is 9.88 Å². The molecule has 0 fully saturated rings. The summed E-state index contributed by atoms with van der Waals surface area (Å²) in [5, 5.41) is 2.51. The van der Waals surface area contributed by atoms with Crippen LogP contribution in [0.15, 0.2) is 41.4 Å². The molecule has 122 valence electrons. The highest BCUT2D eigenvalue weighted by atomic mass is 32.2. The molecular weight excluding hydrogens is 314 g/mol. The number of fused-ring (bicyclic) bond motifs is 1. The van der Waals surface area contributed by atoms with Gasteiger partial charge in [-0.05, 0) is 30.5 Å². The highest BCUT2D eigenvalue weighted by Crippen LogP contribution is 2.32. The first-order chi connectivity index (χ1) is 10.9. The van der Waals surface area contributed by atoms with Gasteiger partial charge in [0.1, 0.15) is 10.6 Å². The minimum atomic E-state index is -3.69. The van der Waals surface area contributed by atoms with Crippen LogP contribution in [0.25, 0.3) is 0 Å². The highest BCUT2D eigenvalue weighted by molar-refractivity contribution is 7.92. The molecule has 0 unspecified atom stereocenters. The molecule has 6 nitrogen and oxygen atoms in total. The Labute approximate surface area is 135 Å². The van der Waals surface area contributed by atoms with Crippen LogP contribution in [-0.2, 0) is 23.5 Å². The predicted octanol–water partition coefficient (Wildman–Crippen LogP) is 1.53. The zero-order valence-corrected chi connectivity index (χ0v) is 13.9. The molecule has 7 heteroatoms. The van der Waals surface area contributed by atoms with Crippen LogP contribution in [0.5, 0.6) is 0 Å². The third-order valence-corrected chi connectivity index (χ3v) is 5.87. The van der Waals surface area contributed by atoms with Crippen molar-refractivity contribution in [2.75, 3.05) is 17.9 Å². The van der Waals surface area contributed by atoms with E-state index in [0.717, 1.165) is 24.1 Å². The monoisotopic (exact) mass is 333 g/mol. The van der Waals surface area contributed by atoms with Crippen LogP contribution in [0.3, 0.4) is 0 Å². The molecule has 3 rings (SSSR count). The molecule has 23 heavy (non-hydrogen) atoms. The van der Waals surface area contributed by atoms with E-state index in [9.17, 15) is 13.2 Å². The summed E-state index contributed by atoms with van der Waals surface area (Å²) in [5.41, 5.74) is 2.07. The number of carbonyl (C=O) groups excluding carboxylic acids is 1. The summed E-state index contributed by atoms with van der Waals surface area (Å²) in [6.07, 6.45) is 3.14. The second kappa shape index (κ2) is 5.73. The fourth-order valence-corrected chi connectivity index (χ4v) is 4.52. The summed E-state index contributed by atoms with van der Waals surface area (Å²) in [6.45, 7) is 0.448. The van der Waals surface area contributed by atoms with E-state index in [-0.39, 0.29) is 10.8 Å². The van der Waals surface area contributed by atoms with Crippen LogP contribution >= 0.6 is 0 Å². The van der Waals surface area contributed by atoms with Crippen molar-refractivity contribution >= 4 is 21.6 Å². The molecule has 1 aromatic carbocycles. The van der Waals surface area contributed by atoms with Crippen molar-refractivity contribution < 1.29 is 13.2 Å². The molecule has 2 aromatic rings. The fourth-order valence-electron chi connectivity index (χ4n) is 2.91. The lowest BCUT2D eigenvalue weighted by molar-refractivity contribution is 0.0955. The van der Waals surface area contributed by atoms with Crippen LogP contribution < -0.4 is 9.62 Å². The van der Waals surface area contributed by atoms with E-state index in [4.69, 9.17) is 0 Å². The maximum Gasteiger partial charge on any atom is 0.267 e. The van der Waals surface area contributed by atoms with Gasteiger partial charge in [0.25, 0.3) is 15.9 Å². The molecule has 0 atom stereocenters. The number of para-hydroxylation sites is 1. The lowest BCUT2D eigenvalue weighted by atomic mass is 10.0. The number of nitrogens with one attached hydrogen (secondary N) is 1. The summed E-state index contributed by atoms with van der Waals surface area (Å²) >= 11 is 0. The van der Waals surface area contributed by atoms with Gasteiger partial charge >= 0.3 is 0 Å². The third kappa shape index (κ3) is 2.61. The van der Waals surface area contributed by atoms with Gasteiger partial charge in [0.2, 0.25) is 0 Å². The minimum absolute atomic E-state index is 0.135. The van der Waals surface area contributed by atoms with Gasteiger partial charge in [0.05, 0.1) is 5.69 Å². The van der Waals surface area contributed by atoms with Gasteiger partial charge in [-0.25, -0.2) is 8.42 Å². The number of hydrogen-bond acceptors (Lipinski definition) is 3. The highest BCUT2D eigenvalue weighted by Gasteiger charge is 2.30. The van der Waals surface area contributed by atoms with Crippen LogP contribution in [0.2, 0.25) is 0 Å². The van der Waals surface area contributed by atoms with E-state index in [0.29, 0.717) is 12.2 Å². The first-order valence-corrected chi connectivity index (χ1v) is 8.88. The molecule has 0 saturated carbocycles. The van der Waals surface area contributed by atoms with Crippen molar-refractivity contribution in [3.63, 3.8) is 0 Å². The molecule has 1 aliphatic heterocycles. The Balaban J connectivity index is 2.05. The van der Waals surface area contributed by atoms with Crippen molar-refractivity contribution in [1.82, 2.24) is 9.88 Å². The fraction of sp³-hybridized carbons (Fsp3) is 0.312. The topological polar surface area (TPSA) is 71.4 Å². The quantitative estimate of drug-likeness (QED) is 0.926. The lowest BCUT2D eigenvalue weighted by Gasteiger charge is -2.30. The van der Waals surface area contributed by atoms with Gasteiger partial charge in [-0.15, -0.1) is 0 Å². The zero-order chi connectivity index (χ0) is 16.6. The number of hydrogen-bond donors (Lipinski definition) is 1. The van der Waals surface area contributed by atoms with E-state index in [1.54, 1.807) is 7.05 Å². The smallest absolute Gasteiger partial charge is 0.267 e. The molecule has 0 aliphatic carbocycles. The first kappa shape index (κ1) is 15.6.